The van der Waals surface area contributed by atoms with Crippen LogP contribution in [0, 0.1) is 5.92 Å². The molecule has 19 heavy (non-hydrogen) atoms. The molecule has 2 amide bonds. The molecule has 0 aliphatic heterocycles. The van der Waals surface area contributed by atoms with Crippen LogP contribution in [0.15, 0.2) is 0 Å². The standard InChI is InChI=1S/C14H26N2O3/c1-5-14(2,3)16(4)13(19)15-11-8-6-7-10(9-11)12(17)18/h10-11H,5-9H2,1-4H3,(H,15,19)(H,17,18). The zero-order valence-corrected chi connectivity index (χ0v) is 12.4. The van der Waals surface area contributed by atoms with Gasteiger partial charge in [-0.15, -0.1) is 0 Å². The molecule has 0 radical (unpaired) electrons. The van der Waals surface area contributed by atoms with Gasteiger partial charge in [0.2, 0.25) is 0 Å². The normalized spacial score (nSPS) is 23.8. The van der Waals surface area contributed by atoms with Gasteiger partial charge < -0.3 is 15.3 Å². The zero-order valence-electron chi connectivity index (χ0n) is 12.4. The Hall–Kier alpha value is -1.26. The maximum Gasteiger partial charge on any atom is 0.317 e. The van der Waals surface area contributed by atoms with Crippen LogP contribution in [0.25, 0.3) is 0 Å². The number of carbonyl (C=O) groups excluding carboxylic acids is 1. The number of nitrogens with one attached hydrogen (secondary N) is 1. The van der Waals surface area contributed by atoms with E-state index in [9.17, 15) is 9.59 Å². The molecule has 5 heteroatoms. The first-order valence-electron chi connectivity index (χ1n) is 7.05. The Morgan fingerprint density at radius 1 is 1.37 bits per heavy atom. The molecule has 0 aromatic carbocycles. The summed E-state index contributed by atoms with van der Waals surface area (Å²) in [6.45, 7) is 6.09. The van der Waals surface area contributed by atoms with Gasteiger partial charge in [-0.05, 0) is 39.5 Å². The average Bonchev–Trinajstić information content (AvgIpc) is 2.38. The number of aliphatic carboxylic acids is 1. The van der Waals surface area contributed by atoms with Crippen molar-refractivity contribution in [1.29, 1.82) is 0 Å². The minimum atomic E-state index is -0.749. The molecule has 0 spiro atoms. The van der Waals surface area contributed by atoms with E-state index in [1.54, 1.807) is 11.9 Å². The predicted molar refractivity (Wildman–Crippen MR) is 74.0 cm³/mol. The average molecular weight is 270 g/mol. The molecule has 1 saturated carbocycles. The SMILES string of the molecule is CCC(C)(C)N(C)C(=O)NC1CCCC(C(=O)O)C1. The molecule has 1 aliphatic carbocycles. The molecule has 5 nitrogen and oxygen atoms in total. The highest BCUT2D eigenvalue weighted by molar-refractivity contribution is 5.75. The van der Waals surface area contributed by atoms with E-state index in [0.29, 0.717) is 6.42 Å². The van der Waals surface area contributed by atoms with Gasteiger partial charge in [0.15, 0.2) is 0 Å². The molecule has 0 heterocycles. The summed E-state index contributed by atoms with van der Waals surface area (Å²) in [5.41, 5.74) is -0.190. The van der Waals surface area contributed by atoms with Crippen LogP contribution in [0.2, 0.25) is 0 Å². The molecule has 1 aliphatic rings. The van der Waals surface area contributed by atoms with Gasteiger partial charge in [0.05, 0.1) is 5.92 Å². The van der Waals surface area contributed by atoms with Crippen LogP contribution in [0.4, 0.5) is 4.79 Å². The van der Waals surface area contributed by atoms with Gasteiger partial charge in [0.25, 0.3) is 0 Å². The first-order valence-corrected chi connectivity index (χ1v) is 7.05. The molecule has 2 unspecified atom stereocenters. The van der Waals surface area contributed by atoms with E-state index in [1.807, 2.05) is 20.8 Å². The Labute approximate surface area is 115 Å². The van der Waals surface area contributed by atoms with Crippen molar-refractivity contribution in [3.63, 3.8) is 0 Å². The van der Waals surface area contributed by atoms with Crippen LogP contribution in [0.3, 0.4) is 0 Å². The Balaban J connectivity index is 2.55. The van der Waals surface area contributed by atoms with Gasteiger partial charge in [0, 0.05) is 18.6 Å². The summed E-state index contributed by atoms with van der Waals surface area (Å²) in [5.74, 6) is -1.07. The van der Waals surface area contributed by atoms with Crippen molar-refractivity contribution >= 4 is 12.0 Å². The zero-order chi connectivity index (χ0) is 14.6. The maximum absolute atomic E-state index is 12.2. The smallest absolute Gasteiger partial charge is 0.317 e. The van der Waals surface area contributed by atoms with Crippen LogP contribution in [0.5, 0.6) is 0 Å². The van der Waals surface area contributed by atoms with Crippen molar-refractivity contribution in [2.24, 2.45) is 5.92 Å². The number of hydrogen-bond donors (Lipinski definition) is 2. The van der Waals surface area contributed by atoms with Crippen molar-refractivity contribution < 1.29 is 14.7 Å². The molecule has 2 N–H and O–H groups in total. The lowest BCUT2D eigenvalue weighted by atomic mass is 9.86. The third kappa shape index (κ3) is 4.11. The molecule has 0 aromatic rings. The van der Waals surface area contributed by atoms with Crippen molar-refractivity contribution in [2.75, 3.05) is 7.05 Å². The topological polar surface area (TPSA) is 69.6 Å². The summed E-state index contributed by atoms with van der Waals surface area (Å²) in [7, 11) is 1.79. The highest BCUT2D eigenvalue weighted by atomic mass is 16.4. The number of amides is 2. The number of carboxylic acids is 1. The lowest BCUT2D eigenvalue weighted by Gasteiger charge is -2.37. The van der Waals surface area contributed by atoms with E-state index in [1.165, 1.54) is 0 Å². The monoisotopic (exact) mass is 270 g/mol. The quantitative estimate of drug-likeness (QED) is 0.824. The molecule has 1 rings (SSSR count). The van der Waals surface area contributed by atoms with E-state index in [2.05, 4.69) is 5.32 Å². The molecule has 1 fully saturated rings. The number of carboxylic acid groups (broad SMARTS) is 1. The lowest BCUT2D eigenvalue weighted by Crippen LogP contribution is -2.52. The van der Waals surface area contributed by atoms with Crippen molar-refractivity contribution in [1.82, 2.24) is 10.2 Å². The summed E-state index contributed by atoms with van der Waals surface area (Å²) in [4.78, 5) is 24.9. The van der Waals surface area contributed by atoms with Crippen LogP contribution >= 0.6 is 0 Å². The van der Waals surface area contributed by atoms with E-state index >= 15 is 0 Å². The second kappa shape index (κ2) is 6.26. The van der Waals surface area contributed by atoms with E-state index in [4.69, 9.17) is 5.11 Å². The van der Waals surface area contributed by atoms with E-state index in [0.717, 1.165) is 25.7 Å². The Bertz CT molecular complexity index is 342. The van der Waals surface area contributed by atoms with Gasteiger partial charge in [-0.1, -0.05) is 13.3 Å². The number of urea groups is 1. The van der Waals surface area contributed by atoms with Gasteiger partial charge in [-0.2, -0.15) is 0 Å². The van der Waals surface area contributed by atoms with Crippen LogP contribution in [-0.4, -0.2) is 40.6 Å². The maximum atomic E-state index is 12.2. The highest BCUT2D eigenvalue weighted by Crippen LogP contribution is 2.25. The minimum Gasteiger partial charge on any atom is -0.481 e. The van der Waals surface area contributed by atoms with Crippen molar-refractivity contribution in [2.45, 2.75) is 64.5 Å². The Kier molecular flexibility index (Phi) is 5.20. The number of rotatable bonds is 4. The summed E-state index contributed by atoms with van der Waals surface area (Å²) in [5, 5.41) is 12.0. The van der Waals surface area contributed by atoms with E-state index in [-0.39, 0.29) is 23.5 Å². The predicted octanol–water partition coefficient (Wildman–Crippen LogP) is 2.46. The molecule has 2 atom stereocenters. The fourth-order valence-corrected chi connectivity index (χ4v) is 2.33. The molecule has 0 aromatic heterocycles. The van der Waals surface area contributed by atoms with Crippen molar-refractivity contribution in [3.05, 3.63) is 0 Å². The summed E-state index contributed by atoms with van der Waals surface area (Å²) in [6.07, 6.45) is 3.87. The van der Waals surface area contributed by atoms with Gasteiger partial charge in [-0.25, -0.2) is 4.79 Å². The first kappa shape index (κ1) is 15.8. The van der Waals surface area contributed by atoms with Gasteiger partial charge >= 0.3 is 12.0 Å². The Morgan fingerprint density at radius 2 is 2.00 bits per heavy atom. The molecular formula is C14H26N2O3. The molecule has 110 valence electrons. The second-order valence-electron chi connectivity index (χ2n) is 6.07. The van der Waals surface area contributed by atoms with Crippen molar-refractivity contribution in [3.8, 4) is 0 Å². The third-order valence-corrected chi connectivity index (χ3v) is 4.43. The number of nitrogens with zero attached hydrogens (tertiary/aromatic N) is 1. The first-order chi connectivity index (χ1) is 8.77. The minimum absolute atomic E-state index is 0.0162. The Morgan fingerprint density at radius 3 is 2.53 bits per heavy atom. The highest BCUT2D eigenvalue weighted by Gasteiger charge is 2.31. The number of hydrogen-bond acceptors (Lipinski definition) is 2. The molecule has 0 bridgehead atoms. The second-order valence-corrected chi connectivity index (χ2v) is 6.07. The van der Waals surface area contributed by atoms with Crippen LogP contribution < -0.4 is 5.32 Å². The van der Waals surface area contributed by atoms with Gasteiger partial charge in [0.1, 0.15) is 0 Å². The van der Waals surface area contributed by atoms with E-state index < -0.39 is 5.97 Å². The van der Waals surface area contributed by atoms with Gasteiger partial charge in [-0.3, -0.25) is 4.79 Å². The third-order valence-electron chi connectivity index (χ3n) is 4.43. The molecular weight excluding hydrogens is 244 g/mol. The summed E-state index contributed by atoms with van der Waals surface area (Å²) < 4.78 is 0. The summed E-state index contributed by atoms with van der Waals surface area (Å²) >= 11 is 0. The molecule has 0 saturated heterocycles. The van der Waals surface area contributed by atoms with Crippen LogP contribution in [0.1, 0.15) is 52.9 Å². The number of carbonyl (C=O) groups is 2. The lowest BCUT2D eigenvalue weighted by molar-refractivity contribution is -0.143. The summed E-state index contributed by atoms with van der Waals surface area (Å²) in [6, 6.07) is -0.125. The largest absolute Gasteiger partial charge is 0.481 e. The van der Waals surface area contributed by atoms with Crippen LogP contribution in [-0.2, 0) is 4.79 Å². The fraction of sp³-hybridized carbons (Fsp3) is 0.857. The fourth-order valence-electron chi connectivity index (χ4n) is 2.33.